The summed E-state index contributed by atoms with van der Waals surface area (Å²) in [5, 5.41) is 11.4. The van der Waals surface area contributed by atoms with Gasteiger partial charge in [-0.1, -0.05) is 11.8 Å². The van der Waals surface area contributed by atoms with Gasteiger partial charge in [-0.05, 0) is 18.9 Å². The first-order chi connectivity index (χ1) is 8.38. The smallest absolute Gasteiger partial charge is 0.104 e. The first kappa shape index (κ1) is 13.0. The van der Waals surface area contributed by atoms with Crippen molar-refractivity contribution in [2.75, 3.05) is 19.8 Å². The minimum Gasteiger partial charge on any atom is -0.384 e. The van der Waals surface area contributed by atoms with Crippen molar-refractivity contribution in [3.63, 3.8) is 0 Å². The lowest BCUT2D eigenvalue weighted by atomic mass is 10.2. The van der Waals surface area contributed by atoms with Crippen molar-refractivity contribution in [2.24, 2.45) is 0 Å². The van der Waals surface area contributed by atoms with E-state index in [0.717, 1.165) is 29.8 Å². The molecule has 0 aliphatic carbocycles. The molecule has 1 aliphatic heterocycles. The second-order valence-corrected chi connectivity index (χ2v) is 6.17. The molecule has 0 bridgehead atoms. The van der Waals surface area contributed by atoms with Crippen LogP contribution in [0.15, 0.2) is 11.4 Å². The number of hydrogen-bond acceptors (Lipinski definition) is 4. The summed E-state index contributed by atoms with van der Waals surface area (Å²) in [5.74, 6) is 6.67. The van der Waals surface area contributed by atoms with Crippen LogP contribution < -0.4 is 0 Å². The Morgan fingerprint density at radius 2 is 2.29 bits per heavy atom. The number of aliphatic hydroxyl groups excluding tert-OH is 1. The summed E-state index contributed by atoms with van der Waals surface area (Å²) >= 11 is 3.77. The van der Waals surface area contributed by atoms with Gasteiger partial charge < -0.3 is 9.84 Å². The van der Waals surface area contributed by atoms with Crippen molar-refractivity contribution >= 4 is 23.1 Å². The van der Waals surface area contributed by atoms with Crippen LogP contribution in [0.5, 0.6) is 0 Å². The monoisotopic (exact) mass is 268 g/mol. The highest BCUT2D eigenvalue weighted by molar-refractivity contribution is 7.99. The van der Waals surface area contributed by atoms with E-state index >= 15 is 0 Å². The van der Waals surface area contributed by atoms with Crippen LogP contribution in [0.1, 0.15) is 23.3 Å². The molecular weight excluding hydrogens is 252 g/mol. The molecule has 0 atom stereocenters. The van der Waals surface area contributed by atoms with Gasteiger partial charge in [0.15, 0.2) is 0 Å². The molecule has 0 spiro atoms. The quantitative estimate of drug-likeness (QED) is 0.854. The van der Waals surface area contributed by atoms with Crippen molar-refractivity contribution in [2.45, 2.75) is 23.8 Å². The summed E-state index contributed by atoms with van der Waals surface area (Å²) in [6, 6.07) is 2.12. The summed E-state index contributed by atoms with van der Waals surface area (Å²) in [7, 11) is 0. The van der Waals surface area contributed by atoms with E-state index in [-0.39, 0.29) is 6.61 Å². The van der Waals surface area contributed by atoms with Crippen LogP contribution in [0, 0.1) is 11.8 Å². The zero-order valence-electron chi connectivity index (χ0n) is 9.65. The second kappa shape index (κ2) is 7.07. The maximum absolute atomic E-state index is 8.62. The largest absolute Gasteiger partial charge is 0.384 e. The molecule has 0 aromatic carbocycles. The van der Waals surface area contributed by atoms with Gasteiger partial charge in [0.2, 0.25) is 0 Å². The Hall–Kier alpha value is -0.470. The van der Waals surface area contributed by atoms with E-state index in [9.17, 15) is 0 Å². The van der Waals surface area contributed by atoms with Gasteiger partial charge in [-0.3, -0.25) is 0 Å². The molecule has 0 saturated carbocycles. The van der Waals surface area contributed by atoms with Gasteiger partial charge in [-0.15, -0.1) is 11.3 Å². The van der Waals surface area contributed by atoms with E-state index in [4.69, 9.17) is 9.84 Å². The molecule has 0 amide bonds. The standard InChI is InChI=1S/C13H16O2S2/c14-5-1-2-11-8-13(16-9-11)10-17-12-3-6-15-7-4-12/h8-9,12,14H,3-7,10H2. The number of aliphatic hydroxyl groups is 1. The third-order valence-corrected chi connectivity index (χ3v) is 5.14. The van der Waals surface area contributed by atoms with E-state index < -0.39 is 0 Å². The molecule has 1 aliphatic rings. The highest BCUT2D eigenvalue weighted by atomic mass is 32.2. The van der Waals surface area contributed by atoms with Gasteiger partial charge in [0.05, 0.1) is 0 Å². The summed E-state index contributed by atoms with van der Waals surface area (Å²) in [4.78, 5) is 1.36. The maximum Gasteiger partial charge on any atom is 0.104 e. The van der Waals surface area contributed by atoms with Crippen molar-refractivity contribution < 1.29 is 9.84 Å². The lowest BCUT2D eigenvalue weighted by Crippen LogP contribution is -2.17. The Morgan fingerprint density at radius 1 is 1.47 bits per heavy atom. The summed E-state index contributed by atoms with van der Waals surface area (Å²) in [6.07, 6.45) is 2.35. The highest BCUT2D eigenvalue weighted by Gasteiger charge is 2.14. The van der Waals surface area contributed by atoms with Crippen LogP contribution in [0.4, 0.5) is 0 Å². The minimum absolute atomic E-state index is 0.0675. The van der Waals surface area contributed by atoms with Crippen LogP contribution in [0.2, 0.25) is 0 Å². The molecule has 0 radical (unpaired) electrons. The van der Waals surface area contributed by atoms with Gasteiger partial charge in [-0.2, -0.15) is 11.8 Å². The molecule has 1 saturated heterocycles. The number of rotatable bonds is 3. The van der Waals surface area contributed by atoms with Crippen LogP contribution in [0.25, 0.3) is 0 Å². The Morgan fingerprint density at radius 3 is 3.06 bits per heavy atom. The SMILES string of the molecule is OCC#Cc1csc(CSC2CCOCC2)c1. The fourth-order valence-electron chi connectivity index (χ4n) is 1.71. The van der Waals surface area contributed by atoms with E-state index in [1.807, 2.05) is 11.8 Å². The topological polar surface area (TPSA) is 29.5 Å². The predicted octanol–water partition coefficient (Wildman–Crippen LogP) is 2.50. The predicted molar refractivity (Wildman–Crippen MR) is 73.4 cm³/mol. The molecule has 2 nitrogen and oxygen atoms in total. The molecule has 1 aromatic rings. The highest BCUT2D eigenvalue weighted by Crippen LogP contribution is 2.28. The molecule has 4 heteroatoms. The van der Waals surface area contributed by atoms with Gasteiger partial charge in [0.1, 0.15) is 6.61 Å². The molecule has 2 rings (SSSR count). The third kappa shape index (κ3) is 4.36. The Balaban J connectivity index is 1.80. The van der Waals surface area contributed by atoms with Crippen molar-refractivity contribution in [3.8, 4) is 11.8 Å². The van der Waals surface area contributed by atoms with Crippen molar-refractivity contribution in [3.05, 3.63) is 21.9 Å². The zero-order valence-corrected chi connectivity index (χ0v) is 11.3. The second-order valence-electron chi connectivity index (χ2n) is 3.88. The molecule has 1 aromatic heterocycles. The lowest BCUT2D eigenvalue weighted by Gasteiger charge is -2.20. The minimum atomic E-state index is -0.0675. The van der Waals surface area contributed by atoms with Crippen molar-refractivity contribution in [1.82, 2.24) is 0 Å². The van der Waals surface area contributed by atoms with Crippen LogP contribution in [0.3, 0.4) is 0 Å². The molecule has 2 heterocycles. The van der Waals surface area contributed by atoms with Crippen LogP contribution >= 0.6 is 23.1 Å². The Bertz CT molecular complexity index is 397. The van der Waals surface area contributed by atoms with E-state index in [1.165, 1.54) is 17.7 Å². The average Bonchev–Trinajstić information content (AvgIpc) is 2.83. The molecular formula is C13H16O2S2. The van der Waals surface area contributed by atoms with Crippen molar-refractivity contribution in [1.29, 1.82) is 0 Å². The van der Waals surface area contributed by atoms with E-state index in [2.05, 4.69) is 23.3 Å². The number of hydrogen-bond donors (Lipinski definition) is 1. The Labute approximate surface area is 110 Å². The third-order valence-electron chi connectivity index (χ3n) is 2.60. The van der Waals surface area contributed by atoms with E-state index in [1.54, 1.807) is 11.3 Å². The Kier molecular flexibility index (Phi) is 5.40. The van der Waals surface area contributed by atoms with Crippen LogP contribution in [-0.4, -0.2) is 30.2 Å². The fourth-order valence-corrected chi connectivity index (χ4v) is 3.79. The molecule has 17 heavy (non-hydrogen) atoms. The molecule has 0 unspecified atom stereocenters. The summed E-state index contributed by atoms with van der Waals surface area (Å²) in [6.45, 7) is 1.76. The summed E-state index contributed by atoms with van der Waals surface area (Å²) in [5.41, 5.74) is 1.02. The molecule has 92 valence electrons. The van der Waals surface area contributed by atoms with Gasteiger partial charge in [0, 0.05) is 40.0 Å². The normalized spacial score (nSPS) is 16.5. The first-order valence-electron chi connectivity index (χ1n) is 5.75. The fraction of sp³-hybridized carbons (Fsp3) is 0.538. The number of thioether (sulfide) groups is 1. The average molecular weight is 268 g/mol. The molecule has 1 N–H and O–H groups in total. The van der Waals surface area contributed by atoms with Gasteiger partial charge >= 0.3 is 0 Å². The lowest BCUT2D eigenvalue weighted by molar-refractivity contribution is 0.1000. The maximum atomic E-state index is 8.62. The first-order valence-corrected chi connectivity index (χ1v) is 7.68. The van der Waals surface area contributed by atoms with Crippen LogP contribution in [-0.2, 0) is 10.5 Å². The molecule has 1 fully saturated rings. The zero-order chi connectivity index (χ0) is 11.9. The van der Waals surface area contributed by atoms with Gasteiger partial charge in [-0.25, -0.2) is 0 Å². The number of ether oxygens (including phenoxy) is 1. The van der Waals surface area contributed by atoms with E-state index in [0.29, 0.717) is 0 Å². The summed E-state index contributed by atoms with van der Waals surface area (Å²) < 4.78 is 5.35. The van der Waals surface area contributed by atoms with Gasteiger partial charge in [0.25, 0.3) is 0 Å². The number of thiophene rings is 1.